The van der Waals surface area contributed by atoms with Gasteiger partial charge < -0.3 is 4.57 Å². The van der Waals surface area contributed by atoms with Gasteiger partial charge in [-0.2, -0.15) is 13.2 Å². The molecule has 26 heavy (non-hydrogen) atoms. The molecule has 1 N–H and O–H groups in total. The van der Waals surface area contributed by atoms with E-state index in [1.807, 2.05) is 48.1 Å². The Bertz CT molecular complexity index is 829. The molecule has 0 aliphatic heterocycles. The molecule has 0 saturated heterocycles. The van der Waals surface area contributed by atoms with Crippen LogP contribution in [0, 0.1) is 0 Å². The van der Waals surface area contributed by atoms with Gasteiger partial charge >= 0.3 is 5.51 Å². The number of aryl methyl sites for hydroxylation is 1. The van der Waals surface area contributed by atoms with E-state index in [0.29, 0.717) is 6.54 Å². The molecular weight excluding hydrogens is 359 g/mol. The number of aromatic nitrogens is 2. The van der Waals surface area contributed by atoms with Gasteiger partial charge in [0.2, 0.25) is 0 Å². The first-order chi connectivity index (χ1) is 12.4. The molecule has 2 aromatic carbocycles. The number of hydrogen-bond donors (Lipinski definition) is 1. The predicted octanol–water partition coefficient (Wildman–Crippen LogP) is 4.91. The van der Waals surface area contributed by atoms with Crippen molar-refractivity contribution in [1.29, 1.82) is 0 Å². The molecule has 0 aliphatic rings. The first-order valence-electron chi connectivity index (χ1n) is 8.02. The number of rotatable bonds is 6. The fraction of sp³-hybridized carbons (Fsp3) is 0.211. The molecular formula is C19H18F3N3S. The van der Waals surface area contributed by atoms with E-state index >= 15 is 0 Å². The third-order valence-corrected chi connectivity index (χ3v) is 4.66. The van der Waals surface area contributed by atoms with Crippen molar-refractivity contribution in [2.45, 2.75) is 23.0 Å². The summed E-state index contributed by atoms with van der Waals surface area (Å²) in [6.07, 6.45) is 3.63. The molecule has 1 heterocycles. The van der Waals surface area contributed by atoms with Gasteiger partial charge in [0.05, 0.1) is 6.04 Å². The molecule has 1 atom stereocenters. The molecule has 0 aliphatic carbocycles. The Morgan fingerprint density at radius 3 is 2.35 bits per heavy atom. The summed E-state index contributed by atoms with van der Waals surface area (Å²) < 4.78 is 39.2. The van der Waals surface area contributed by atoms with Crippen molar-refractivity contribution in [2.24, 2.45) is 7.05 Å². The summed E-state index contributed by atoms with van der Waals surface area (Å²) in [5, 5.41) is 3.45. The van der Waals surface area contributed by atoms with E-state index in [-0.39, 0.29) is 22.7 Å². The van der Waals surface area contributed by atoms with Crippen molar-refractivity contribution in [3.05, 3.63) is 83.9 Å². The highest BCUT2D eigenvalue weighted by Crippen LogP contribution is 2.36. The fourth-order valence-corrected chi connectivity index (χ4v) is 3.23. The maximum atomic E-state index is 12.4. The minimum absolute atomic E-state index is 0.103. The molecule has 3 rings (SSSR count). The highest BCUT2D eigenvalue weighted by atomic mass is 32.2. The molecule has 0 unspecified atom stereocenters. The van der Waals surface area contributed by atoms with Crippen LogP contribution in [0.5, 0.6) is 0 Å². The van der Waals surface area contributed by atoms with E-state index in [1.54, 1.807) is 18.3 Å². The van der Waals surface area contributed by atoms with Crippen molar-refractivity contribution >= 4 is 11.8 Å². The molecule has 0 spiro atoms. The number of imidazole rings is 1. The molecule has 3 aromatic rings. The molecule has 0 fully saturated rings. The van der Waals surface area contributed by atoms with Gasteiger partial charge in [0.25, 0.3) is 0 Å². The topological polar surface area (TPSA) is 29.9 Å². The summed E-state index contributed by atoms with van der Waals surface area (Å²) in [6, 6.07) is 16.2. The van der Waals surface area contributed by atoms with Crippen molar-refractivity contribution in [3.8, 4) is 0 Å². The number of nitrogens with one attached hydrogen (secondary N) is 1. The number of nitrogens with zero attached hydrogens (tertiary/aromatic N) is 2. The second-order valence-corrected chi connectivity index (χ2v) is 6.95. The number of benzene rings is 2. The minimum Gasteiger partial charge on any atom is -0.336 e. The molecule has 0 bridgehead atoms. The fourth-order valence-electron chi connectivity index (χ4n) is 2.69. The van der Waals surface area contributed by atoms with Crippen molar-refractivity contribution in [1.82, 2.24) is 14.9 Å². The van der Waals surface area contributed by atoms with E-state index in [2.05, 4.69) is 10.3 Å². The highest BCUT2D eigenvalue weighted by Gasteiger charge is 2.29. The van der Waals surface area contributed by atoms with Crippen LogP contribution in [0.3, 0.4) is 0 Å². The van der Waals surface area contributed by atoms with Crippen LogP contribution in [0.15, 0.2) is 71.9 Å². The van der Waals surface area contributed by atoms with Gasteiger partial charge in [0, 0.05) is 30.9 Å². The maximum Gasteiger partial charge on any atom is 0.446 e. The molecule has 0 saturated carbocycles. The van der Waals surface area contributed by atoms with Crippen molar-refractivity contribution in [2.75, 3.05) is 0 Å². The second kappa shape index (κ2) is 7.97. The Balaban J connectivity index is 1.73. The molecule has 1 aromatic heterocycles. The van der Waals surface area contributed by atoms with Crippen LogP contribution >= 0.6 is 11.8 Å². The standard InChI is InChI=1S/C19H18F3N3S/c1-25-12-11-23-18(25)17(15-5-3-2-4-6-15)24-13-14-7-9-16(10-8-14)26-19(20,21)22/h2-12,17,24H,13H2,1H3/t17-/m1/s1. The van der Waals surface area contributed by atoms with E-state index in [1.165, 1.54) is 12.1 Å². The minimum atomic E-state index is -4.27. The lowest BCUT2D eigenvalue weighted by Gasteiger charge is -2.19. The molecule has 0 radical (unpaired) electrons. The zero-order valence-corrected chi connectivity index (χ0v) is 14.9. The van der Waals surface area contributed by atoms with Gasteiger partial charge in [-0.1, -0.05) is 42.5 Å². The number of hydrogen-bond acceptors (Lipinski definition) is 3. The quantitative estimate of drug-likeness (QED) is 0.619. The van der Waals surface area contributed by atoms with Crippen molar-refractivity contribution in [3.63, 3.8) is 0 Å². The van der Waals surface area contributed by atoms with Crippen LogP contribution in [0.1, 0.15) is 23.0 Å². The lowest BCUT2D eigenvalue weighted by atomic mass is 10.1. The van der Waals surface area contributed by atoms with Gasteiger partial charge in [0.15, 0.2) is 0 Å². The molecule has 3 nitrogen and oxygen atoms in total. The Morgan fingerprint density at radius 1 is 1.08 bits per heavy atom. The Hall–Kier alpha value is -2.25. The van der Waals surface area contributed by atoms with E-state index < -0.39 is 5.51 Å². The van der Waals surface area contributed by atoms with E-state index in [4.69, 9.17) is 0 Å². The monoisotopic (exact) mass is 377 g/mol. The average molecular weight is 377 g/mol. The SMILES string of the molecule is Cn1ccnc1[C@H](NCc1ccc(SC(F)(F)F)cc1)c1ccccc1. The summed E-state index contributed by atoms with van der Waals surface area (Å²) in [7, 11) is 1.93. The summed E-state index contributed by atoms with van der Waals surface area (Å²) >= 11 is -0.103. The Morgan fingerprint density at radius 2 is 1.77 bits per heavy atom. The third kappa shape index (κ3) is 4.89. The number of alkyl halides is 3. The van der Waals surface area contributed by atoms with Gasteiger partial charge in [0.1, 0.15) is 5.82 Å². The van der Waals surface area contributed by atoms with Crippen molar-refractivity contribution < 1.29 is 13.2 Å². The normalized spacial score (nSPS) is 12.9. The van der Waals surface area contributed by atoms with Crippen LogP contribution in [0.25, 0.3) is 0 Å². The van der Waals surface area contributed by atoms with E-state index in [0.717, 1.165) is 17.0 Å². The highest BCUT2D eigenvalue weighted by molar-refractivity contribution is 8.00. The van der Waals surface area contributed by atoms with Gasteiger partial charge in [-0.15, -0.1) is 0 Å². The lowest BCUT2D eigenvalue weighted by Crippen LogP contribution is -2.24. The van der Waals surface area contributed by atoms with Gasteiger partial charge in [-0.05, 0) is 35.0 Å². The van der Waals surface area contributed by atoms with Crippen LogP contribution < -0.4 is 5.32 Å². The third-order valence-electron chi connectivity index (χ3n) is 3.92. The average Bonchev–Trinajstić information content (AvgIpc) is 3.02. The lowest BCUT2D eigenvalue weighted by molar-refractivity contribution is -0.0328. The summed E-state index contributed by atoms with van der Waals surface area (Å²) in [4.78, 5) is 4.62. The Labute approximate surface area is 154 Å². The van der Waals surface area contributed by atoms with Crippen LogP contribution in [-0.4, -0.2) is 15.1 Å². The first-order valence-corrected chi connectivity index (χ1v) is 8.84. The van der Waals surface area contributed by atoms with E-state index in [9.17, 15) is 13.2 Å². The molecule has 0 amide bonds. The van der Waals surface area contributed by atoms with Gasteiger partial charge in [-0.3, -0.25) is 5.32 Å². The van der Waals surface area contributed by atoms with Gasteiger partial charge in [-0.25, -0.2) is 4.98 Å². The summed E-state index contributed by atoms with van der Waals surface area (Å²) in [5.74, 6) is 0.875. The zero-order valence-electron chi connectivity index (χ0n) is 14.1. The van der Waals surface area contributed by atoms with Crippen LogP contribution in [-0.2, 0) is 13.6 Å². The molecule has 7 heteroatoms. The van der Waals surface area contributed by atoms with Crippen LogP contribution in [0.4, 0.5) is 13.2 Å². The summed E-state index contributed by atoms with van der Waals surface area (Å²) in [6.45, 7) is 0.517. The molecule has 136 valence electrons. The number of thioether (sulfide) groups is 1. The first kappa shape index (κ1) is 18.5. The largest absolute Gasteiger partial charge is 0.446 e. The second-order valence-electron chi connectivity index (χ2n) is 5.81. The smallest absolute Gasteiger partial charge is 0.336 e. The zero-order chi connectivity index (χ0) is 18.6. The van der Waals surface area contributed by atoms with Crippen LogP contribution in [0.2, 0.25) is 0 Å². The predicted molar refractivity (Wildman–Crippen MR) is 96.7 cm³/mol. The maximum absolute atomic E-state index is 12.4. The summed E-state index contributed by atoms with van der Waals surface area (Å²) in [5.41, 5.74) is -2.28. The number of halogens is 3. The Kier molecular flexibility index (Phi) is 5.68.